The zero-order valence-electron chi connectivity index (χ0n) is 11.2. The minimum absolute atomic E-state index is 0.150. The van der Waals surface area contributed by atoms with E-state index in [0.29, 0.717) is 12.0 Å². The smallest absolute Gasteiger partial charge is 0.308 e. The molecule has 3 nitrogen and oxygen atoms in total. The fourth-order valence-electron chi connectivity index (χ4n) is 3.83. The summed E-state index contributed by atoms with van der Waals surface area (Å²) in [6, 6.07) is 0.626. The fourth-order valence-corrected chi connectivity index (χ4v) is 3.83. The van der Waals surface area contributed by atoms with Gasteiger partial charge in [0.1, 0.15) is 0 Å². The van der Waals surface area contributed by atoms with Crippen LogP contribution in [-0.4, -0.2) is 35.1 Å². The van der Waals surface area contributed by atoms with Gasteiger partial charge in [-0.15, -0.1) is 0 Å². The topological polar surface area (TPSA) is 40.5 Å². The second-order valence-electron chi connectivity index (χ2n) is 6.45. The van der Waals surface area contributed by atoms with E-state index in [-0.39, 0.29) is 5.92 Å². The molecule has 1 aliphatic heterocycles. The Bertz CT molecular complexity index is 282. The lowest BCUT2D eigenvalue weighted by Crippen LogP contribution is -2.39. The summed E-state index contributed by atoms with van der Waals surface area (Å²) in [6.45, 7) is 8.48. The summed E-state index contributed by atoms with van der Waals surface area (Å²) in [5, 5.41) is 9.18. The molecule has 2 aliphatic rings. The number of carbonyl (C=O) groups is 1. The van der Waals surface area contributed by atoms with Crippen molar-refractivity contribution in [3.05, 3.63) is 0 Å². The quantitative estimate of drug-likeness (QED) is 0.804. The number of aliphatic carboxylic acids is 1. The summed E-state index contributed by atoms with van der Waals surface area (Å²) < 4.78 is 0. The predicted octanol–water partition coefficient (Wildman–Crippen LogP) is 2.46. The van der Waals surface area contributed by atoms with Crippen molar-refractivity contribution in [2.24, 2.45) is 23.7 Å². The third-order valence-corrected chi connectivity index (χ3v) is 4.63. The molecule has 17 heavy (non-hydrogen) atoms. The van der Waals surface area contributed by atoms with Crippen LogP contribution in [0.4, 0.5) is 0 Å². The van der Waals surface area contributed by atoms with Crippen molar-refractivity contribution in [3.63, 3.8) is 0 Å². The van der Waals surface area contributed by atoms with Gasteiger partial charge in [0, 0.05) is 19.1 Å². The molecule has 1 N–H and O–H groups in total. The van der Waals surface area contributed by atoms with Crippen molar-refractivity contribution in [3.8, 4) is 0 Å². The lowest BCUT2D eigenvalue weighted by Gasteiger charge is -2.37. The molecule has 0 spiro atoms. The van der Waals surface area contributed by atoms with Gasteiger partial charge in [0.15, 0.2) is 0 Å². The van der Waals surface area contributed by atoms with Crippen LogP contribution in [0.1, 0.15) is 40.0 Å². The molecule has 98 valence electrons. The summed E-state index contributed by atoms with van der Waals surface area (Å²) in [5.41, 5.74) is 0. The maximum atomic E-state index is 11.1. The van der Waals surface area contributed by atoms with Gasteiger partial charge < -0.3 is 5.11 Å². The minimum atomic E-state index is -0.614. The molecule has 0 amide bonds. The second-order valence-corrected chi connectivity index (χ2v) is 6.45. The highest BCUT2D eigenvalue weighted by molar-refractivity contribution is 5.71. The maximum absolute atomic E-state index is 11.1. The van der Waals surface area contributed by atoms with Crippen LogP contribution in [0, 0.1) is 23.7 Å². The second kappa shape index (κ2) is 4.97. The zero-order chi connectivity index (χ0) is 12.6. The maximum Gasteiger partial charge on any atom is 0.308 e. The highest BCUT2D eigenvalue weighted by atomic mass is 16.4. The Morgan fingerprint density at radius 3 is 2.12 bits per heavy atom. The van der Waals surface area contributed by atoms with Gasteiger partial charge in [0.05, 0.1) is 5.92 Å². The molecular weight excluding hydrogens is 214 g/mol. The summed E-state index contributed by atoms with van der Waals surface area (Å²) >= 11 is 0. The molecule has 2 fully saturated rings. The van der Waals surface area contributed by atoms with Crippen LogP contribution in [0.5, 0.6) is 0 Å². The van der Waals surface area contributed by atoms with Crippen LogP contribution in [-0.2, 0) is 4.79 Å². The molecule has 0 aromatic carbocycles. The first-order valence-corrected chi connectivity index (χ1v) is 6.94. The van der Waals surface area contributed by atoms with Crippen LogP contribution in [0.15, 0.2) is 0 Å². The fraction of sp³-hybridized carbons (Fsp3) is 0.929. The normalized spacial score (nSPS) is 43.8. The van der Waals surface area contributed by atoms with Gasteiger partial charge in [0.2, 0.25) is 0 Å². The standard InChI is InChI=1S/C14H25NO2/c1-9-4-10(2)6-12(5-9)15-7-11(3)13(8-15)14(16)17/h9-13H,4-8H2,1-3H3,(H,16,17)/t9?,10?,11-,12?,13-/m1/s1. The van der Waals surface area contributed by atoms with E-state index in [9.17, 15) is 9.90 Å². The number of carboxylic acids is 1. The molecule has 1 saturated carbocycles. The van der Waals surface area contributed by atoms with Crippen molar-refractivity contribution in [2.45, 2.75) is 46.1 Å². The Morgan fingerprint density at radius 1 is 1.06 bits per heavy atom. The molecule has 4 atom stereocenters. The summed E-state index contributed by atoms with van der Waals surface area (Å²) in [6.07, 6.45) is 3.84. The van der Waals surface area contributed by atoms with Gasteiger partial charge in [-0.3, -0.25) is 9.69 Å². The van der Waals surface area contributed by atoms with Gasteiger partial charge in [-0.05, 0) is 37.0 Å². The Balaban J connectivity index is 1.97. The molecule has 1 aliphatic carbocycles. The van der Waals surface area contributed by atoms with Gasteiger partial charge >= 0.3 is 5.97 Å². The lowest BCUT2D eigenvalue weighted by molar-refractivity contribution is -0.142. The molecule has 0 bridgehead atoms. The van der Waals surface area contributed by atoms with Crippen molar-refractivity contribution in [2.75, 3.05) is 13.1 Å². The number of likely N-dealkylation sites (tertiary alicyclic amines) is 1. The van der Waals surface area contributed by atoms with Crippen LogP contribution in [0.3, 0.4) is 0 Å². The summed E-state index contributed by atoms with van der Waals surface area (Å²) in [7, 11) is 0. The van der Waals surface area contributed by atoms with Crippen LogP contribution in [0.25, 0.3) is 0 Å². The number of nitrogens with zero attached hydrogens (tertiary/aromatic N) is 1. The summed E-state index contributed by atoms with van der Waals surface area (Å²) in [5.74, 6) is 1.13. The van der Waals surface area contributed by atoms with Gasteiger partial charge in [-0.2, -0.15) is 0 Å². The van der Waals surface area contributed by atoms with Crippen molar-refractivity contribution >= 4 is 5.97 Å². The van der Waals surface area contributed by atoms with E-state index in [1.165, 1.54) is 19.3 Å². The van der Waals surface area contributed by atoms with E-state index in [1.807, 2.05) is 0 Å². The van der Waals surface area contributed by atoms with Gasteiger partial charge in [-0.25, -0.2) is 0 Å². The first kappa shape index (κ1) is 12.9. The SMILES string of the molecule is CC1CC(C)CC(N2C[C@@H](C)[C@H](C(=O)O)C2)C1. The number of hydrogen-bond acceptors (Lipinski definition) is 2. The third kappa shape index (κ3) is 2.82. The van der Waals surface area contributed by atoms with E-state index >= 15 is 0 Å². The lowest BCUT2D eigenvalue weighted by atomic mass is 9.80. The molecule has 0 aromatic heterocycles. The number of rotatable bonds is 2. The predicted molar refractivity (Wildman–Crippen MR) is 67.8 cm³/mol. The average molecular weight is 239 g/mol. The Morgan fingerprint density at radius 2 is 1.65 bits per heavy atom. The Kier molecular flexibility index (Phi) is 3.76. The summed E-state index contributed by atoms with van der Waals surface area (Å²) in [4.78, 5) is 13.6. The van der Waals surface area contributed by atoms with Crippen LogP contribution >= 0.6 is 0 Å². The number of hydrogen-bond donors (Lipinski definition) is 1. The molecule has 2 unspecified atom stereocenters. The Hall–Kier alpha value is -0.570. The van der Waals surface area contributed by atoms with Crippen molar-refractivity contribution in [1.82, 2.24) is 4.90 Å². The van der Waals surface area contributed by atoms with Crippen LogP contribution in [0.2, 0.25) is 0 Å². The first-order chi connectivity index (χ1) is 7.97. The number of carboxylic acid groups (broad SMARTS) is 1. The van der Waals surface area contributed by atoms with Crippen molar-refractivity contribution < 1.29 is 9.90 Å². The van der Waals surface area contributed by atoms with E-state index < -0.39 is 5.97 Å². The molecule has 1 heterocycles. The van der Waals surface area contributed by atoms with E-state index in [0.717, 1.165) is 24.9 Å². The van der Waals surface area contributed by atoms with Gasteiger partial charge in [-0.1, -0.05) is 20.8 Å². The largest absolute Gasteiger partial charge is 0.481 e. The molecule has 2 rings (SSSR count). The zero-order valence-corrected chi connectivity index (χ0v) is 11.2. The highest BCUT2D eigenvalue weighted by Gasteiger charge is 2.39. The molecular formula is C14H25NO2. The highest BCUT2D eigenvalue weighted by Crippen LogP contribution is 2.35. The van der Waals surface area contributed by atoms with E-state index in [1.54, 1.807) is 0 Å². The average Bonchev–Trinajstić information content (AvgIpc) is 2.59. The molecule has 3 heteroatoms. The Labute approximate surface area is 104 Å². The third-order valence-electron chi connectivity index (χ3n) is 4.63. The minimum Gasteiger partial charge on any atom is -0.481 e. The van der Waals surface area contributed by atoms with Crippen LogP contribution < -0.4 is 0 Å². The first-order valence-electron chi connectivity index (χ1n) is 6.94. The van der Waals surface area contributed by atoms with Gasteiger partial charge in [0.25, 0.3) is 0 Å². The monoisotopic (exact) mass is 239 g/mol. The van der Waals surface area contributed by atoms with E-state index in [4.69, 9.17) is 0 Å². The van der Waals surface area contributed by atoms with Crippen molar-refractivity contribution in [1.29, 1.82) is 0 Å². The molecule has 0 radical (unpaired) electrons. The van der Waals surface area contributed by atoms with E-state index in [2.05, 4.69) is 25.7 Å². The molecule has 1 saturated heterocycles. The molecule has 0 aromatic rings.